The first-order chi connectivity index (χ1) is 12.9. The van der Waals surface area contributed by atoms with Crippen LogP contribution in [-0.2, 0) is 16.6 Å². The quantitative estimate of drug-likeness (QED) is 0.683. The van der Waals surface area contributed by atoms with Crippen LogP contribution in [0.3, 0.4) is 0 Å². The van der Waals surface area contributed by atoms with Gasteiger partial charge in [0.2, 0.25) is 10.0 Å². The Labute approximate surface area is 155 Å². The smallest absolute Gasteiger partial charge is 0.246 e. The number of hydrogen-bond acceptors (Lipinski definition) is 4. The summed E-state index contributed by atoms with van der Waals surface area (Å²) in [5, 5.41) is 0. The average Bonchev–Trinajstić information content (AvgIpc) is 3.05. The molecule has 27 heavy (non-hydrogen) atoms. The molecule has 0 atom stereocenters. The van der Waals surface area contributed by atoms with E-state index in [0.29, 0.717) is 25.7 Å². The second kappa shape index (κ2) is 6.99. The molecule has 0 aliphatic carbocycles. The zero-order chi connectivity index (χ0) is 19.0. The number of piperazine rings is 1. The molecule has 0 unspecified atom stereocenters. The molecule has 0 amide bonds. The molecule has 4 rings (SSSR count). The minimum absolute atomic E-state index is 0.246. The van der Waals surface area contributed by atoms with Crippen LogP contribution in [0, 0.1) is 11.6 Å². The second-order valence-corrected chi connectivity index (χ2v) is 8.34. The lowest BCUT2D eigenvalue weighted by molar-refractivity contribution is 0.179. The van der Waals surface area contributed by atoms with Crippen LogP contribution in [0.5, 0.6) is 0 Å². The van der Waals surface area contributed by atoms with Gasteiger partial charge in [0.05, 0.1) is 11.9 Å². The number of halogens is 2. The molecule has 3 aromatic rings. The van der Waals surface area contributed by atoms with Crippen molar-refractivity contribution in [2.75, 3.05) is 26.2 Å². The number of fused-ring (bicyclic) bond motifs is 1. The van der Waals surface area contributed by atoms with Crippen LogP contribution in [0.2, 0.25) is 0 Å². The summed E-state index contributed by atoms with van der Waals surface area (Å²) in [5.74, 6) is -1.87. The van der Waals surface area contributed by atoms with Gasteiger partial charge in [-0.05, 0) is 24.3 Å². The predicted octanol–water partition coefficient (Wildman–Crippen LogP) is 2.12. The van der Waals surface area contributed by atoms with E-state index < -0.39 is 26.6 Å². The van der Waals surface area contributed by atoms with Crippen LogP contribution in [0.25, 0.3) is 5.65 Å². The zero-order valence-corrected chi connectivity index (χ0v) is 15.2. The lowest BCUT2D eigenvalue weighted by atomic mass is 10.3. The molecular formula is C18H18F2N4O2S. The molecule has 0 radical (unpaired) electrons. The SMILES string of the molecule is O=S(=O)(c1ccc(F)cc1F)N1CCN(Cc2cnc3ccccn23)CC1. The van der Waals surface area contributed by atoms with Gasteiger partial charge in [-0.3, -0.25) is 4.90 Å². The summed E-state index contributed by atoms with van der Waals surface area (Å²) < 4.78 is 55.5. The standard InChI is InChI=1S/C18H18F2N4O2S/c19-14-4-5-17(16(20)11-14)27(25,26)23-9-7-22(8-10-23)13-15-12-21-18-3-1-2-6-24(15)18/h1-6,11-12H,7-10,13H2. The molecule has 0 saturated carbocycles. The van der Waals surface area contributed by atoms with Gasteiger partial charge in [0.15, 0.2) is 0 Å². The molecule has 6 nitrogen and oxygen atoms in total. The first-order valence-corrected chi connectivity index (χ1v) is 9.98. The Bertz CT molecular complexity index is 1080. The lowest BCUT2D eigenvalue weighted by Crippen LogP contribution is -2.48. The molecule has 9 heteroatoms. The first-order valence-electron chi connectivity index (χ1n) is 8.54. The van der Waals surface area contributed by atoms with Gasteiger partial charge in [0.25, 0.3) is 0 Å². The van der Waals surface area contributed by atoms with Crippen molar-refractivity contribution in [1.29, 1.82) is 0 Å². The summed E-state index contributed by atoms with van der Waals surface area (Å²) in [6.07, 6.45) is 3.75. The molecule has 3 heterocycles. The van der Waals surface area contributed by atoms with E-state index in [1.54, 1.807) is 0 Å². The van der Waals surface area contributed by atoms with Crippen LogP contribution < -0.4 is 0 Å². The van der Waals surface area contributed by atoms with Crippen molar-refractivity contribution in [3.63, 3.8) is 0 Å². The van der Waals surface area contributed by atoms with E-state index in [9.17, 15) is 17.2 Å². The molecule has 0 N–H and O–H groups in total. The fraction of sp³-hybridized carbons (Fsp3) is 0.278. The van der Waals surface area contributed by atoms with Crippen molar-refractivity contribution in [2.45, 2.75) is 11.4 Å². The summed E-state index contributed by atoms with van der Waals surface area (Å²) in [6, 6.07) is 8.30. The largest absolute Gasteiger partial charge is 0.303 e. The van der Waals surface area contributed by atoms with Crippen LogP contribution >= 0.6 is 0 Å². The van der Waals surface area contributed by atoms with Crippen molar-refractivity contribution in [2.24, 2.45) is 0 Å². The van der Waals surface area contributed by atoms with Crippen molar-refractivity contribution in [3.8, 4) is 0 Å². The average molecular weight is 392 g/mol. The van der Waals surface area contributed by atoms with Crippen LogP contribution in [0.1, 0.15) is 5.69 Å². The Hall–Kier alpha value is -2.36. The van der Waals surface area contributed by atoms with Crippen molar-refractivity contribution >= 4 is 15.7 Å². The van der Waals surface area contributed by atoms with E-state index in [0.717, 1.165) is 23.5 Å². The van der Waals surface area contributed by atoms with E-state index >= 15 is 0 Å². The number of sulfonamides is 1. The molecule has 1 aliphatic rings. The highest BCUT2D eigenvalue weighted by Gasteiger charge is 2.31. The Morgan fingerprint density at radius 2 is 1.81 bits per heavy atom. The highest BCUT2D eigenvalue weighted by atomic mass is 32.2. The van der Waals surface area contributed by atoms with Crippen LogP contribution in [0.4, 0.5) is 8.78 Å². The van der Waals surface area contributed by atoms with Gasteiger partial charge >= 0.3 is 0 Å². The monoisotopic (exact) mass is 392 g/mol. The molecule has 0 bridgehead atoms. The highest BCUT2D eigenvalue weighted by Crippen LogP contribution is 2.22. The summed E-state index contributed by atoms with van der Waals surface area (Å²) in [4.78, 5) is 5.99. The molecule has 1 fully saturated rings. The first kappa shape index (κ1) is 18.0. The Morgan fingerprint density at radius 1 is 1.04 bits per heavy atom. The minimum atomic E-state index is -3.98. The maximum absolute atomic E-state index is 13.9. The zero-order valence-electron chi connectivity index (χ0n) is 14.4. The van der Waals surface area contributed by atoms with E-state index in [2.05, 4.69) is 9.88 Å². The molecule has 1 aromatic carbocycles. The summed E-state index contributed by atoms with van der Waals surface area (Å²) in [7, 11) is -3.98. The lowest BCUT2D eigenvalue weighted by Gasteiger charge is -2.33. The van der Waals surface area contributed by atoms with Crippen LogP contribution in [0.15, 0.2) is 53.7 Å². The third kappa shape index (κ3) is 3.45. The van der Waals surface area contributed by atoms with Gasteiger partial charge in [-0.2, -0.15) is 4.31 Å². The summed E-state index contributed by atoms with van der Waals surface area (Å²) >= 11 is 0. The van der Waals surface area contributed by atoms with Crippen molar-refractivity contribution < 1.29 is 17.2 Å². The van der Waals surface area contributed by atoms with Gasteiger partial charge in [-0.1, -0.05) is 6.07 Å². The van der Waals surface area contributed by atoms with E-state index in [4.69, 9.17) is 0 Å². The maximum atomic E-state index is 13.9. The van der Waals surface area contributed by atoms with Gasteiger partial charge in [0.1, 0.15) is 22.2 Å². The highest BCUT2D eigenvalue weighted by molar-refractivity contribution is 7.89. The number of pyridine rings is 1. The normalized spacial score (nSPS) is 16.8. The van der Waals surface area contributed by atoms with E-state index in [1.807, 2.05) is 35.0 Å². The fourth-order valence-electron chi connectivity index (χ4n) is 3.28. The molecule has 1 aliphatic heterocycles. The number of aromatic nitrogens is 2. The van der Waals surface area contributed by atoms with Crippen LogP contribution in [-0.4, -0.2) is 53.2 Å². The number of nitrogens with zero attached hydrogens (tertiary/aromatic N) is 4. The third-order valence-corrected chi connectivity index (χ3v) is 6.65. The Balaban J connectivity index is 1.45. The predicted molar refractivity (Wildman–Crippen MR) is 95.6 cm³/mol. The second-order valence-electron chi connectivity index (χ2n) is 6.43. The molecule has 2 aromatic heterocycles. The number of hydrogen-bond donors (Lipinski definition) is 0. The third-order valence-electron chi connectivity index (χ3n) is 4.72. The number of imidazole rings is 1. The van der Waals surface area contributed by atoms with Gasteiger partial charge in [0, 0.05) is 45.0 Å². The van der Waals surface area contributed by atoms with Gasteiger partial charge in [-0.15, -0.1) is 0 Å². The van der Waals surface area contributed by atoms with Crippen molar-refractivity contribution in [3.05, 3.63) is 66.1 Å². The van der Waals surface area contributed by atoms with Gasteiger partial charge < -0.3 is 4.40 Å². The fourth-order valence-corrected chi connectivity index (χ4v) is 4.75. The number of rotatable bonds is 4. The summed E-state index contributed by atoms with van der Waals surface area (Å²) in [5.41, 5.74) is 1.88. The minimum Gasteiger partial charge on any atom is -0.303 e. The maximum Gasteiger partial charge on any atom is 0.246 e. The van der Waals surface area contributed by atoms with Gasteiger partial charge in [-0.25, -0.2) is 22.2 Å². The number of benzene rings is 1. The molecular weight excluding hydrogens is 374 g/mol. The summed E-state index contributed by atoms with van der Waals surface area (Å²) in [6.45, 7) is 2.17. The Morgan fingerprint density at radius 3 is 2.56 bits per heavy atom. The van der Waals surface area contributed by atoms with E-state index in [-0.39, 0.29) is 13.1 Å². The van der Waals surface area contributed by atoms with E-state index in [1.165, 1.54) is 4.31 Å². The molecule has 1 saturated heterocycles. The van der Waals surface area contributed by atoms with Crippen molar-refractivity contribution in [1.82, 2.24) is 18.6 Å². The molecule has 0 spiro atoms. The topological polar surface area (TPSA) is 57.9 Å². The Kier molecular flexibility index (Phi) is 4.67. The molecule has 142 valence electrons.